The molecule has 2 atom stereocenters. The highest BCUT2D eigenvalue weighted by molar-refractivity contribution is 7.80. The molecular weight excluding hydrogens is 500 g/mol. The molecule has 0 amide bonds. The molecule has 0 radical (unpaired) electrons. The summed E-state index contributed by atoms with van der Waals surface area (Å²) in [5.74, 6) is 3.28. The van der Waals surface area contributed by atoms with E-state index in [1.807, 2.05) is 12.1 Å². The molecule has 5 rings (SSSR count). The van der Waals surface area contributed by atoms with Crippen molar-refractivity contribution >= 4 is 46.5 Å². The van der Waals surface area contributed by atoms with Crippen LogP contribution in [0.4, 0.5) is 17.6 Å². The van der Waals surface area contributed by atoms with Gasteiger partial charge in [0.05, 0.1) is 0 Å². The maximum atomic E-state index is 6.17. The Morgan fingerprint density at radius 3 is 2.49 bits per heavy atom. The number of hydrogen-bond donors (Lipinski definition) is 2. The smallest absolute Gasteiger partial charge is 0.232 e. The first kappa shape index (κ1) is 26.5. The fraction of sp³-hybridized carbons (Fsp3) is 0.621. The van der Waals surface area contributed by atoms with Gasteiger partial charge in [-0.25, -0.2) is 0 Å². The maximum absolute atomic E-state index is 6.17. The summed E-state index contributed by atoms with van der Waals surface area (Å²) in [4.78, 5) is 14.8. The van der Waals surface area contributed by atoms with Crippen LogP contribution in [0, 0.1) is 5.92 Å². The molecule has 37 heavy (non-hydrogen) atoms. The Morgan fingerprint density at radius 1 is 1.00 bits per heavy atom. The molecule has 200 valence electrons. The predicted octanol–water partition coefficient (Wildman–Crippen LogP) is 6.54. The van der Waals surface area contributed by atoms with Crippen LogP contribution in [0.25, 0.3) is 0 Å². The molecule has 2 aromatic rings. The quantitative estimate of drug-likeness (QED) is 0.403. The van der Waals surface area contributed by atoms with Crippen LogP contribution in [-0.4, -0.2) is 47.3 Å². The largest absolute Gasteiger partial charge is 0.361 e. The Morgan fingerprint density at radius 2 is 1.76 bits per heavy atom. The molecule has 1 aromatic carbocycles. The minimum absolute atomic E-state index is 0.0807. The van der Waals surface area contributed by atoms with Gasteiger partial charge in [0.25, 0.3) is 0 Å². The molecule has 3 heterocycles. The number of halogens is 1. The molecule has 1 saturated carbocycles. The number of anilines is 3. The Kier molecular flexibility index (Phi) is 8.40. The summed E-state index contributed by atoms with van der Waals surface area (Å²) in [6.07, 6.45) is 11.0. The van der Waals surface area contributed by atoms with Crippen molar-refractivity contribution in [1.82, 2.24) is 15.3 Å². The van der Waals surface area contributed by atoms with Gasteiger partial charge >= 0.3 is 0 Å². The first-order chi connectivity index (χ1) is 17.9. The lowest BCUT2D eigenvalue weighted by Gasteiger charge is -2.36. The molecule has 2 saturated heterocycles. The minimum atomic E-state index is 0.0807. The second-order valence-electron chi connectivity index (χ2n) is 11.4. The van der Waals surface area contributed by atoms with Crippen LogP contribution in [-0.2, 0) is 5.41 Å². The molecule has 1 aromatic heterocycles. The second-order valence-corrected chi connectivity index (χ2v) is 12.3. The second kappa shape index (κ2) is 11.7. The van der Waals surface area contributed by atoms with Gasteiger partial charge in [-0.3, -0.25) is 0 Å². The number of hydrogen-bond acceptors (Lipinski definition) is 5. The number of rotatable bonds is 6. The molecule has 2 N–H and O–H groups in total. The van der Waals surface area contributed by atoms with Crippen LogP contribution >= 0.6 is 23.8 Å². The fourth-order valence-electron chi connectivity index (χ4n) is 6.44. The molecule has 0 spiro atoms. The molecule has 6 nitrogen and oxygen atoms in total. The van der Waals surface area contributed by atoms with Crippen molar-refractivity contribution in [2.45, 2.75) is 83.1 Å². The summed E-state index contributed by atoms with van der Waals surface area (Å²) in [5.41, 5.74) is 1.42. The topological polar surface area (TPSA) is 56.3 Å². The summed E-state index contributed by atoms with van der Waals surface area (Å²) in [7, 11) is 0. The summed E-state index contributed by atoms with van der Waals surface area (Å²) in [6.45, 7) is 8.55. The number of benzene rings is 1. The predicted molar refractivity (Wildman–Crippen MR) is 159 cm³/mol. The molecule has 8 heteroatoms. The van der Waals surface area contributed by atoms with Crippen molar-refractivity contribution in [3.63, 3.8) is 0 Å². The van der Waals surface area contributed by atoms with Crippen molar-refractivity contribution in [2.24, 2.45) is 5.92 Å². The van der Waals surface area contributed by atoms with Gasteiger partial charge in [-0.15, -0.1) is 0 Å². The van der Waals surface area contributed by atoms with Crippen molar-refractivity contribution in [3.05, 3.63) is 40.9 Å². The lowest BCUT2D eigenvalue weighted by molar-refractivity contribution is 0.435. The zero-order chi connectivity index (χ0) is 25.8. The summed E-state index contributed by atoms with van der Waals surface area (Å²) >= 11 is 12.0. The highest BCUT2D eigenvalue weighted by Gasteiger charge is 2.35. The standard InChI is InChI=1S/C29H41ClN6S/c1-21-8-7-16-35(19-21)25-18-26(36-17-6-3-9-22(36)2)33-27(32-25)34-28(37)31-20-29(14-4-5-15-29)23-10-12-24(30)13-11-23/h10-13,18,21-22H,3-9,14-17,19-20H2,1-2H3,(H2,31,32,33,34,37)/t21-,22-/m1/s1. The van der Waals surface area contributed by atoms with Gasteiger partial charge in [0.2, 0.25) is 5.95 Å². The van der Waals surface area contributed by atoms with Gasteiger partial charge < -0.3 is 20.4 Å². The van der Waals surface area contributed by atoms with Gasteiger partial charge in [0.15, 0.2) is 5.11 Å². The van der Waals surface area contributed by atoms with Gasteiger partial charge in [-0.1, -0.05) is 43.5 Å². The Hall–Kier alpha value is -2.12. The number of aromatic nitrogens is 2. The van der Waals surface area contributed by atoms with Gasteiger partial charge in [-0.2, -0.15) is 9.97 Å². The first-order valence-corrected chi connectivity index (χ1v) is 14.9. The molecule has 3 aliphatic rings. The van der Waals surface area contributed by atoms with Crippen molar-refractivity contribution < 1.29 is 0 Å². The Labute approximate surface area is 232 Å². The van der Waals surface area contributed by atoms with Gasteiger partial charge in [0, 0.05) is 48.7 Å². The van der Waals surface area contributed by atoms with E-state index in [2.05, 4.69) is 52.5 Å². The van der Waals surface area contributed by atoms with Crippen LogP contribution in [0.1, 0.15) is 77.2 Å². The zero-order valence-corrected chi connectivity index (χ0v) is 23.9. The average Bonchev–Trinajstić information content (AvgIpc) is 3.38. The summed E-state index contributed by atoms with van der Waals surface area (Å²) in [5, 5.41) is 8.24. The first-order valence-electron chi connectivity index (χ1n) is 14.1. The maximum Gasteiger partial charge on any atom is 0.232 e. The van der Waals surface area contributed by atoms with Crippen LogP contribution in [0.5, 0.6) is 0 Å². The highest BCUT2D eigenvalue weighted by atomic mass is 35.5. The normalized spacial score (nSPS) is 23.6. The van der Waals surface area contributed by atoms with E-state index in [9.17, 15) is 0 Å². The van der Waals surface area contributed by atoms with E-state index in [-0.39, 0.29) is 5.41 Å². The summed E-state index contributed by atoms with van der Waals surface area (Å²) < 4.78 is 0. The average molecular weight is 541 g/mol. The van der Waals surface area contributed by atoms with E-state index in [4.69, 9.17) is 33.8 Å². The minimum Gasteiger partial charge on any atom is -0.361 e. The Balaban J connectivity index is 1.33. The van der Waals surface area contributed by atoms with Crippen LogP contribution in [0.3, 0.4) is 0 Å². The van der Waals surface area contributed by atoms with Crippen molar-refractivity contribution in [1.29, 1.82) is 0 Å². The van der Waals surface area contributed by atoms with Crippen LogP contribution in [0.2, 0.25) is 5.02 Å². The molecule has 0 unspecified atom stereocenters. The van der Waals surface area contributed by atoms with E-state index in [1.54, 1.807) is 0 Å². The molecule has 1 aliphatic carbocycles. The monoisotopic (exact) mass is 540 g/mol. The third kappa shape index (κ3) is 6.31. The Bertz CT molecular complexity index is 1070. The van der Waals surface area contributed by atoms with Crippen LogP contribution < -0.4 is 20.4 Å². The fourth-order valence-corrected chi connectivity index (χ4v) is 6.73. The zero-order valence-electron chi connectivity index (χ0n) is 22.3. The number of thiocarbonyl (C=S) groups is 1. The van der Waals surface area contributed by atoms with E-state index < -0.39 is 0 Å². The van der Waals surface area contributed by atoms with E-state index in [0.29, 0.717) is 23.0 Å². The lowest BCUT2D eigenvalue weighted by atomic mass is 9.79. The van der Waals surface area contributed by atoms with E-state index in [1.165, 1.54) is 50.5 Å². The molecule has 3 fully saturated rings. The number of piperidine rings is 2. The van der Waals surface area contributed by atoms with Gasteiger partial charge in [0.1, 0.15) is 11.6 Å². The van der Waals surface area contributed by atoms with Crippen molar-refractivity contribution in [3.8, 4) is 0 Å². The number of nitrogens with zero attached hydrogens (tertiary/aromatic N) is 4. The molecule has 2 aliphatic heterocycles. The summed E-state index contributed by atoms with van der Waals surface area (Å²) in [6, 6.07) is 11.0. The SMILES string of the molecule is C[C@@H]1CCCN(c2cc(N3CCCC[C@H]3C)nc(NC(=S)NCC3(c4ccc(Cl)cc4)CCCC3)n2)C1. The van der Waals surface area contributed by atoms with Crippen molar-refractivity contribution in [2.75, 3.05) is 41.3 Å². The van der Waals surface area contributed by atoms with E-state index in [0.717, 1.165) is 55.7 Å². The highest BCUT2D eigenvalue weighted by Crippen LogP contribution is 2.41. The lowest BCUT2D eigenvalue weighted by Crippen LogP contribution is -2.41. The van der Waals surface area contributed by atoms with Gasteiger partial charge in [-0.05, 0) is 87.7 Å². The third-order valence-corrected chi connectivity index (χ3v) is 9.11. The van der Waals surface area contributed by atoms with Crippen LogP contribution in [0.15, 0.2) is 30.3 Å². The molecule has 0 bridgehead atoms. The number of nitrogens with one attached hydrogen (secondary N) is 2. The molecular formula is C29H41ClN6S. The van der Waals surface area contributed by atoms with E-state index >= 15 is 0 Å². The third-order valence-electron chi connectivity index (χ3n) is 8.61.